The number of nitriles is 1. The minimum atomic E-state index is -0.176. The SMILES string of the molecule is N#Cc1ccccc1-c1cccc2c(C(=N/C(=N)C3=CC=CC4Oc5ccccc5C34)/N=C/c3ccccc3)cccc12. The van der Waals surface area contributed by atoms with Crippen molar-refractivity contribution in [2.75, 3.05) is 0 Å². The van der Waals surface area contributed by atoms with Gasteiger partial charge in [0.1, 0.15) is 11.9 Å². The van der Waals surface area contributed by atoms with E-state index in [1.54, 1.807) is 6.21 Å². The number of nitrogens with one attached hydrogen (secondary N) is 1. The number of hydrogen-bond donors (Lipinski definition) is 1. The van der Waals surface area contributed by atoms with Crippen LogP contribution in [0.4, 0.5) is 0 Å². The number of allylic oxidation sites excluding steroid dienone is 2. The summed E-state index contributed by atoms with van der Waals surface area (Å²) in [4.78, 5) is 9.77. The molecule has 7 rings (SSSR count). The number of ether oxygens (including phenoxy) is 1. The molecule has 0 bridgehead atoms. The van der Waals surface area contributed by atoms with Gasteiger partial charge in [0.25, 0.3) is 0 Å². The van der Waals surface area contributed by atoms with Gasteiger partial charge in [-0.05, 0) is 40.1 Å². The summed E-state index contributed by atoms with van der Waals surface area (Å²) in [6, 6.07) is 39.9. The molecular weight excluding hydrogens is 528 g/mol. The second-order valence-electron chi connectivity index (χ2n) is 10.4. The van der Waals surface area contributed by atoms with E-state index in [1.807, 2.05) is 121 Å². The number of benzene rings is 5. The van der Waals surface area contributed by atoms with Crippen LogP contribution in [0.2, 0.25) is 0 Å². The molecule has 1 aliphatic carbocycles. The van der Waals surface area contributed by atoms with Gasteiger partial charge in [0.05, 0.1) is 17.6 Å². The van der Waals surface area contributed by atoms with E-state index in [-0.39, 0.29) is 17.9 Å². The summed E-state index contributed by atoms with van der Waals surface area (Å²) in [5.41, 5.74) is 6.03. The van der Waals surface area contributed by atoms with Gasteiger partial charge in [0.2, 0.25) is 0 Å². The molecule has 2 atom stereocenters. The van der Waals surface area contributed by atoms with Crippen molar-refractivity contribution in [3.63, 3.8) is 0 Å². The smallest absolute Gasteiger partial charge is 0.162 e. The molecule has 5 heteroatoms. The molecule has 0 fully saturated rings. The van der Waals surface area contributed by atoms with Crippen LogP contribution in [0.25, 0.3) is 21.9 Å². The summed E-state index contributed by atoms with van der Waals surface area (Å²) in [7, 11) is 0. The highest BCUT2D eigenvalue weighted by Crippen LogP contribution is 2.45. The lowest BCUT2D eigenvalue weighted by atomic mass is 9.84. The van der Waals surface area contributed by atoms with E-state index in [4.69, 9.17) is 14.7 Å². The lowest BCUT2D eigenvalue weighted by Gasteiger charge is -2.21. The van der Waals surface area contributed by atoms with Crippen molar-refractivity contribution in [2.45, 2.75) is 12.0 Å². The summed E-state index contributed by atoms with van der Waals surface area (Å²) in [6.07, 6.45) is 7.54. The predicted octanol–water partition coefficient (Wildman–Crippen LogP) is 8.26. The fourth-order valence-corrected chi connectivity index (χ4v) is 5.89. The Bertz CT molecular complexity index is 2050. The number of amidine groups is 2. The van der Waals surface area contributed by atoms with Crippen molar-refractivity contribution in [2.24, 2.45) is 9.98 Å². The number of nitrogens with zero attached hydrogens (tertiary/aromatic N) is 3. The first-order valence-corrected chi connectivity index (χ1v) is 14.1. The van der Waals surface area contributed by atoms with Gasteiger partial charge in [-0.3, -0.25) is 5.41 Å². The highest BCUT2D eigenvalue weighted by Gasteiger charge is 2.38. The average molecular weight is 555 g/mol. The topological polar surface area (TPSA) is 81.6 Å². The second kappa shape index (κ2) is 11.2. The Labute approximate surface area is 250 Å². The Morgan fingerprint density at radius 1 is 0.791 bits per heavy atom. The van der Waals surface area contributed by atoms with E-state index < -0.39 is 0 Å². The highest BCUT2D eigenvalue weighted by molar-refractivity contribution is 6.19. The summed E-state index contributed by atoms with van der Waals surface area (Å²) in [5, 5.41) is 20.9. The Morgan fingerprint density at radius 3 is 2.42 bits per heavy atom. The van der Waals surface area contributed by atoms with Crippen LogP contribution in [0.1, 0.15) is 28.2 Å². The zero-order valence-corrected chi connectivity index (χ0v) is 23.2. The summed E-state index contributed by atoms with van der Waals surface area (Å²) in [6.45, 7) is 0. The molecule has 204 valence electrons. The molecule has 0 aromatic heterocycles. The molecule has 0 amide bonds. The van der Waals surface area contributed by atoms with Crippen LogP contribution >= 0.6 is 0 Å². The highest BCUT2D eigenvalue weighted by atomic mass is 16.5. The van der Waals surface area contributed by atoms with E-state index >= 15 is 0 Å². The van der Waals surface area contributed by atoms with Crippen molar-refractivity contribution in [3.8, 4) is 22.9 Å². The van der Waals surface area contributed by atoms with Crippen molar-refractivity contribution < 1.29 is 4.74 Å². The van der Waals surface area contributed by atoms with Gasteiger partial charge >= 0.3 is 0 Å². The van der Waals surface area contributed by atoms with E-state index in [0.29, 0.717) is 11.4 Å². The second-order valence-corrected chi connectivity index (χ2v) is 10.4. The first-order chi connectivity index (χ1) is 21.2. The molecule has 5 aromatic carbocycles. The molecule has 5 nitrogen and oxygen atoms in total. The normalized spacial score (nSPS) is 17.2. The number of fused-ring (bicyclic) bond motifs is 4. The van der Waals surface area contributed by atoms with Gasteiger partial charge in [-0.1, -0.05) is 115 Å². The van der Waals surface area contributed by atoms with Gasteiger partial charge < -0.3 is 4.74 Å². The zero-order chi connectivity index (χ0) is 29.2. The molecule has 1 heterocycles. The molecule has 2 unspecified atom stereocenters. The van der Waals surface area contributed by atoms with E-state index in [1.165, 1.54) is 0 Å². The Kier molecular flexibility index (Phi) is 6.79. The molecule has 0 saturated carbocycles. The number of hydrogen-bond acceptors (Lipinski definition) is 3. The maximum absolute atomic E-state index is 9.79. The molecule has 1 N–H and O–H groups in total. The quantitative estimate of drug-likeness (QED) is 0.179. The summed E-state index contributed by atoms with van der Waals surface area (Å²) in [5.74, 6) is 1.30. The number of aliphatic imine (C=N–C) groups is 2. The molecule has 1 aliphatic heterocycles. The Morgan fingerprint density at radius 2 is 1.53 bits per heavy atom. The molecule has 0 radical (unpaired) electrons. The van der Waals surface area contributed by atoms with Crippen molar-refractivity contribution >= 4 is 28.7 Å². The first kappa shape index (κ1) is 26.1. The van der Waals surface area contributed by atoms with Crippen LogP contribution < -0.4 is 4.74 Å². The van der Waals surface area contributed by atoms with Crippen LogP contribution in [0.15, 0.2) is 149 Å². The standard InChI is InChI=1S/C38H26N4O/c39-23-26-13-4-5-14-27(26)28-16-8-18-30-29(28)17-9-19-31(30)38(41-24-25-11-2-1-3-12-25)42-37(40)33-20-10-22-35-36(33)32-15-6-7-21-34(32)43-35/h1-22,24,35-36,40H/b40-37?,41-24+,42-38-. The minimum absolute atomic E-state index is 0.113. The lowest BCUT2D eigenvalue weighted by molar-refractivity contribution is 0.267. The molecule has 0 spiro atoms. The van der Waals surface area contributed by atoms with Crippen molar-refractivity contribution in [3.05, 3.63) is 161 Å². The van der Waals surface area contributed by atoms with Crippen molar-refractivity contribution in [1.82, 2.24) is 0 Å². The first-order valence-electron chi connectivity index (χ1n) is 14.1. The number of rotatable bonds is 4. The lowest BCUT2D eigenvalue weighted by Crippen LogP contribution is -2.23. The van der Waals surface area contributed by atoms with Gasteiger partial charge in [-0.15, -0.1) is 0 Å². The monoisotopic (exact) mass is 554 g/mol. The van der Waals surface area contributed by atoms with Crippen LogP contribution in [-0.4, -0.2) is 24.0 Å². The zero-order valence-electron chi connectivity index (χ0n) is 23.2. The summed E-state index contributed by atoms with van der Waals surface area (Å²) < 4.78 is 6.19. The molecule has 5 aromatic rings. The molecule has 0 saturated heterocycles. The van der Waals surface area contributed by atoms with Gasteiger partial charge in [-0.2, -0.15) is 5.26 Å². The molecular formula is C38H26N4O. The van der Waals surface area contributed by atoms with Crippen LogP contribution in [0, 0.1) is 16.7 Å². The van der Waals surface area contributed by atoms with Gasteiger partial charge in [0.15, 0.2) is 11.7 Å². The largest absolute Gasteiger partial charge is 0.485 e. The van der Waals surface area contributed by atoms with Gasteiger partial charge in [-0.25, -0.2) is 9.98 Å². The molecule has 43 heavy (non-hydrogen) atoms. The van der Waals surface area contributed by atoms with Gasteiger partial charge in [0, 0.05) is 28.5 Å². The van der Waals surface area contributed by atoms with Crippen LogP contribution in [-0.2, 0) is 0 Å². The Hall–Kier alpha value is -5.86. The fraction of sp³-hybridized carbons (Fsp3) is 0.0526. The number of para-hydroxylation sites is 1. The van der Waals surface area contributed by atoms with E-state index in [9.17, 15) is 10.7 Å². The molecule has 2 aliphatic rings. The van der Waals surface area contributed by atoms with E-state index in [0.717, 1.165) is 49.9 Å². The average Bonchev–Trinajstić information content (AvgIpc) is 3.45. The summed E-state index contributed by atoms with van der Waals surface area (Å²) >= 11 is 0. The fourth-order valence-electron chi connectivity index (χ4n) is 5.89. The Balaban J connectivity index is 1.37. The predicted molar refractivity (Wildman–Crippen MR) is 173 cm³/mol. The van der Waals surface area contributed by atoms with Crippen molar-refractivity contribution in [1.29, 1.82) is 10.7 Å². The van der Waals surface area contributed by atoms with Crippen LogP contribution in [0.5, 0.6) is 5.75 Å². The maximum Gasteiger partial charge on any atom is 0.162 e. The minimum Gasteiger partial charge on any atom is -0.485 e. The maximum atomic E-state index is 9.79. The third-order valence-corrected chi connectivity index (χ3v) is 7.88. The third kappa shape index (κ3) is 4.86. The van der Waals surface area contributed by atoms with Crippen LogP contribution in [0.3, 0.4) is 0 Å². The third-order valence-electron chi connectivity index (χ3n) is 7.88. The van der Waals surface area contributed by atoms with E-state index in [2.05, 4.69) is 18.2 Å².